The van der Waals surface area contributed by atoms with E-state index in [2.05, 4.69) is 9.97 Å². The van der Waals surface area contributed by atoms with Gasteiger partial charge in [-0.25, -0.2) is 4.98 Å². The van der Waals surface area contributed by atoms with Gasteiger partial charge < -0.3 is 14.5 Å². The van der Waals surface area contributed by atoms with Gasteiger partial charge in [-0.05, 0) is 30.9 Å². The quantitative estimate of drug-likeness (QED) is 0.663. The van der Waals surface area contributed by atoms with Gasteiger partial charge in [-0.3, -0.25) is 9.36 Å². The van der Waals surface area contributed by atoms with E-state index in [1.165, 1.54) is 22.9 Å². The van der Waals surface area contributed by atoms with Crippen molar-refractivity contribution in [2.45, 2.75) is 56.8 Å². The summed E-state index contributed by atoms with van der Waals surface area (Å²) in [6.45, 7) is 1.04. The molecule has 7 nitrogen and oxygen atoms in total. The molecule has 3 atom stereocenters. The lowest BCUT2D eigenvalue weighted by molar-refractivity contribution is -0.153. The molecule has 0 aliphatic carbocycles. The van der Waals surface area contributed by atoms with Crippen LogP contribution in [0.2, 0.25) is 5.15 Å². The van der Waals surface area contributed by atoms with Crippen LogP contribution in [-0.2, 0) is 17.8 Å². The third-order valence-corrected chi connectivity index (χ3v) is 6.34. The highest BCUT2D eigenvalue weighted by molar-refractivity contribution is 6.29. The maximum absolute atomic E-state index is 13.9. The van der Waals surface area contributed by atoms with Crippen molar-refractivity contribution in [2.24, 2.45) is 0 Å². The van der Waals surface area contributed by atoms with Crippen LogP contribution in [0.15, 0.2) is 29.2 Å². The minimum absolute atomic E-state index is 0.0323. The van der Waals surface area contributed by atoms with Crippen molar-refractivity contribution in [1.29, 1.82) is 0 Å². The summed E-state index contributed by atoms with van der Waals surface area (Å²) in [6, 6.07) is 2.84. The summed E-state index contributed by atoms with van der Waals surface area (Å²) in [6.07, 6.45) is -1.22. The molecule has 2 fully saturated rings. The molecule has 2 aromatic heterocycles. The molecule has 0 spiro atoms. The molecule has 0 saturated carbocycles. The van der Waals surface area contributed by atoms with Gasteiger partial charge in [0, 0.05) is 38.4 Å². The molecule has 0 radical (unpaired) electrons. The number of halogens is 4. The molecule has 31 heavy (non-hydrogen) atoms. The first-order valence-electron chi connectivity index (χ1n) is 10.2. The Hall–Kier alpha value is -2.33. The molecule has 166 valence electrons. The molecular weight excluding hydrogens is 435 g/mol. The van der Waals surface area contributed by atoms with Gasteiger partial charge in [0.25, 0.3) is 5.56 Å². The highest BCUT2D eigenvalue weighted by Crippen LogP contribution is 2.36. The van der Waals surface area contributed by atoms with E-state index in [0.717, 1.165) is 17.7 Å². The summed E-state index contributed by atoms with van der Waals surface area (Å²) in [5.74, 6) is 0.434. The Balaban J connectivity index is 1.54. The van der Waals surface area contributed by atoms with Gasteiger partial charge in [0.15, 0.2) is 0 Å². The van der Waals surface area contributed by atoms with E-state index in [1.54, 1.807) is 6.07 Å². The van der Waals surface area contributed by atoms with Crippen molar-refractivity contribution in [3.8, 4) is 0 Å². The SMILES string of the molecule is O=c1cc(N2CC3CCC(C2)O3)nc2n1CC[C@@H](C(F)(F)F)N2Cc1ccc(Cl)nc1. The average molecular weight is 456 g/mol. The van der Waals surface area contributed by atoms with Crippen LogP contribution >= 0.6 is 11.6 Å². The van der Waals surface area contributed by atoms with Gasteiger partial charge in [-0.2, -0.15) is 18.2 Å². The molecule has 5 heterocycles. The van der Waals surface area contributed by atoms with Gasteiger partial charge >= 0.3 is 6.18 Å². The highest BCUT2D eigenvalue weighted by atomic mass is 35.5. The van der Waals surface area contributed by atoms with Crippen molar-refractivity contribution in [3.05, 3.63) is 45.5 Å². The van der Waals surface area contributed by atoms with Crippen LogP contribution in [0.3, 0.4) is 0 Å². The first kappa shape index (κ1) is 20.6. The molecule has 2 aromatic rings. The van der Waals surface area contributed by atoms with Crippen molar-refractivity contribution in [3.63, 3.8) is 0 Å². The second-order valence-electron chi connectivity index (χ2n) is 8.23. The predicted octanol–water partition coefficient (Wildman–Crippen LogP) is 3.00. The number of hydrogen-bond donors (Lipinski definition) is 0. The Morgan fingerprint density at radius 2 is 1.90 bits per heavy atom. The fourth-order valence-corrected chi connectivity index (χ4v) is 4.75. The van der Waals surface area contributed by atoms with E-state index < -0.39 is 12.2 Å². The van der Waals surface area contributed by atoms with Gasteiger partial charge in [0.2, 0.25) is 5.95 Å². The third-order valence-electron chi connectivity index (χ3n) is 6.12. The summed E-state index contributed by atoms with van der Waals surface area (Å²) in [5, 5.41) is 0.258. The van der Waals surface area contributed by atoms with E-state index in [-0.39, 0.29) is 48.4 Å². The molecule has 11 heteroatoms. The standard InChI is InChI=1S/C20H21ClF3N5O2/c21-16-4-1-12(8-25-16)9-29-15(20(22,23)24)5-6-28-18(30)7-17(26-19(28)29)27-10-13-2-3-14(11-27)31-13/h1,4,7-8,13-15H,2-3,5-6,9-11H2/t13?,14?,15-/m0/s1. The Labute approximate surface area is 181 Å². The number of pyridine rings is 1. The van der Waals surface area contributed by atoms with Crippen LogP contribution in [0.25, 0.3) is 0 Å². The van der Waals surface area contributed by atoms with Gasteiger partial charge in [-0.15, -0.1) is 0 Å². The molecule has 5 rings (SSSR count). The molecule has 2 bridgehead atoms. The molecule has 2 saturated heterocycles. The minimum Gasteiger partial charge on any atom is -0.371 e. The molecule has 2 unspecified atom stereocenters. The number of aromatic nitrogens is 3. The smallest absolute Gasteiger partial charge is 0.371 e. The first-order chi connectivity index (χ1) is 14.8. The van der Waals surface area contributed by atoms with Crippen molar-refractivity contribution in [2.75, 3.05) is 22.9 Å². The van der Waals surface area contributed by atoms with Crippen molar-refractivity contribution >= 4 is 23.4 Å². The van der Waals surface area contributed by atoms with Crippen LogP contribution < -0.4 is 15.4 Å². The van der Waals surface area contributed by atoms with E-state index in [1.807, 2.05) is 4.90 Å². The zero-order valence-corrected chi connectivity index (χ0v) is 17.3. The summed E-state index contributed by atoms with van der Waals surface area (Å²) in [5.41, 5.74) is 0.204. The average Bonchev–Trinajstić information content (AvgIpc) is 3.06. The monoisotopic (exact) mass is 455 g/mol. The number of alkyl halides is 3. The largest absolute Gasteiger partial charge is 0.408 e. The van der Waals surface area contributed by atoms with Gasteiger partial charge in [-0.1, -0.05) is 17.7 Å². The number of morpholine rings is 1. The fourth-order valence-electron chi connectivity index (χ4n) is 4.64. The second-order valence-corrected chi connectivity index (χ2v) is 8.62. The third kappa shape index (κ3) is 3.98. The molecule has 0 amide bonds. The highest BCUT2D eigenvalue weighted by Gasteiger charge is 2.47. The fraction of sp³-hybridized carbons (Fsp3) is 0.550. The van der Waals surface area contributed by atoms with Crippen LogP contribution in [0.1, 0.15) is 24.8 Å². The zero-order valence-electron chi connectivity index (χ0n) is 16.6. The Morgan fingerprint density at radius 1 is 1.16 bits per heavy atom. The van der Waals surface area contributed by atoms with Gasteiger partial charge in [0.05, 0.1) is 12.2 Å². The number of fused-ring (bicyclic) bond motifs is 3. The van der Waals surface area contributed by atoms with Crippen molar-refractivity contribution in [1.82, 2.24) is 14.5 Å². The first-order valence-corrected chi connectivity index (χ1v) is 10.6. The van der Waals surface area contributed by atoms with Crippen LogP contribution in [0, 0.1) is 0 Å². The summed E-state index contributed by atoms with van der Waals surface area (Å²) < 4.78 is 48.9. The number of rotatable bonds is 3. The molecule has 0 N–H and O–H groups in total. The molecule has 0 aromatic carbocycles. The number of hydrogen-bond acceptors (Lipinski definition) is 6. The maximum Gasteiger partial charge on any atom is 0.408 e. The van der Waals surface area contributed by atoms with Crippen LogP contribution in [-0.4, -0.2) is 52.1 Å². The summed E-state index contributed by atoms with van der Waals surface area (Å²) in [7, 11) is 0. The topological polar surface area (TPSA) is 63.5 Å². The summed E-state index contributed by atoms with van der Waals surface area (Å²) in [4.78, 5) is 24.5. The number of anilines is 2. The van der Waals surface area contributed by atoms with Crippen LogP contribution in [0.5, 0.6) is 0 Å². The van der Waals surface area contributed by atoms with E-state index in [0.29, 0.717) is 24.5 Å². The van der Waals surface area contributed by atoms with Crippen molar-refractivity contribution < 1.29 is 17.9 Å². The Bertz CT molecular complexity index is 1020. The normalized spacial score (nSPS) is 25.6. The summed E-state index contributed by atoms with van der Waals surface area (Å²) >= 11 is 5.81. The maximum atomic E-state index is 13.9. The Kier molecular flexibility index (Phi) is 5.09. The lowest BCUT2D eigenvalue weighted by Gasteiger charge is -2.40. The minimum atomic E-state index is -4.46. The molecule has 3 aliphatic heterocycles. The number of nitrogens with zero attached hydrogens (tertiary/aromatic N) is 5. The van der Waals surface area contributed by atoms with E-state index >= 15 is 0 Å². The lowest BCUT2D eigenvalue weighted by Crippen LogP contribution is -2.52. The van der Waals surface area contributed by atoms with E-state index in [4.69, 9.17) is 16.3 Å². The Morgan fingerprint density at radius 3 is 2.55 bits per heavy atom. The number of ether oxygens (including phenoxy) is 1. The second kappa shape index (κ2) is 7.67. The predicted molar refractivity (Wildman–Crippen MR) is 108 cm³/mol. The zero-order chi connectivity index (χ0) is 21.8. The molecular formula is C20H21ClF3N5O2. The van der Waals surface area contributed by atoms with Crippen LogP contribution in [0.4, 0.5) is 24.9 Å². The molecule has 3 aliphatic rings. The van der Waals surface area contributed by atoms with Gasteiger partial charge in [0.1, 0.15) is 17.0 Å². The van der Waals surface area contributed by atoms with E-state index in [9.17, 15) is 18.0 Å². The lowest BCUT2D eigenvalue weighted by atomic mass is 10.1.